The highest BCUT2D eigenvalue weighted by Crippen LogP contribution is 2.25. The fourth-order valence-electron chi connectivity index (χ4n) is 2.45. The Morgan fingerprint density at radius 2 is 1.74 bits per heavy atom. The lowest BCUT2D eigenvalue weighted by Gasteiger charge is -2.13. The smallest absolute Gasteiger partial charge is 0.339 e. The molecule has 0 aliphatic carbocycles. The highest BCUT2D eigenvalue weighted by atomic mass is 16.5. The number of rotatable bonds is 8. The van der Waals surface area contributed by atoms with Crippen molar-refractivity contribution in [2.75, 3.05) is 13.7 Å². The van der Waals surface area contributed by atoms with Crippen molar-refractivity contribution < 1.29 is 19.1 Å². The van der Waals surface area contributed by atoms with Crippen LogP contribution in [-0.2, 0) is 14.3 Å². The SMILES string of the molecule is CC[C@H](C)NC(=O)COC(=O)/C(=C/c1ccccc1OC)c1ccccc1. The highest BCUT2D eigenvalue weighted by molar-refractivity contribution is 6.22. The van der Waals surface area contributed by atoms with Crippen molar-refractivity contribution in [2.45, 2.75) is 26.3 Å². The van der Waals surface area contributed by atoms with Crippen molar-refractivity contribution in [3.8, 4) is 5.75 Å². The predicted molar refractivity (Wildman–Crippen MR) is 106 cm³/mol. The molecule has 0 saturated heterocycles. The van der Waals surface area contributed by atoms with Gasteiger partial charge in [0.05, 0.1) is 12.7 Å². The van der Waals surface area contributed by atoms with E-state index < -0.39 is 5.97 Å². The first-order valence-corrected chi connectivity index (χ1v) is 8.91. The minimum absolute atomic E-state index is 0.0360. The minimum atomic E-state index is -0.564. The third-order valence-electron chi connectivity index (χ3n) is 4.10. The number of hydrogen-bond acceptors (Lipinski definition) is 4. The number of carbonyl (C=O) groups excluding carboxylic acids is 2. The summed E-state index contributed by atoms with van der Waals surface area (Å²) < 4.78 is 10.6. The van der Waals surface area contributed by atoms with Crippen LogP contribution in [-0.4, -0.2) is 31.6 Å². The number of para-hydroxylation sites is 1. The molecule has 0 bridgehead atoms. The van der Waals surface area contributed by atoms with Gasteiger partial charge in [-0.05, 0) is 31.1 Å². The molecule has 0 aliphatic rings. The summed E-state index contributed by atoms with van der Waals surface area (Å²) in [6.45, 7) is 3.55. The first-order valence-electron chi connectivity index (χ1n) is 8.91. The van der Waals surface area contributed by atoms with E-state index in [2.05, 4.69) is 5.32 Å². The van der Waals surface area contributed by atoms with Crippen LogP contribution in [0.4, 0.5) is 0 Å². The molecule has 5 heteroatoms. The van der Waals surface area contributed by atoms with E-state index in [4.69, 9.17) is 9.47 Å². The molecule has 27 heavy (non-hydrogen) atoms. The Labute approximate surface area is 160 Å². The van der Waals surface area contributed by atoms with E-state index in [1.54, 1.807) is 13.2 Å². The van der Waals surface area contributed by atoms with Crippen LogP contribution in [0.2, 0.25) is 0 Å². The lowest BCUT2D eigenvalue weighted by atomic mass is 10.0. The van der Waals surface area contributed by atoms with Gasteiger partial charge >= 0.3 is 5.97 Å². The third-order valence-corrected chi connectivity index (χ3v) is 4.10. The van der Waals surface area contributed by atoms with Crippen LogP contribution in [0.5, 0.6) is 5.75 Å². The highest BCUT2D eigenvalue weighted by Gasteiger charge is 2.17. The maximum Gasteiger partial charge on any atom is 0.339 e. The van der Waals surface area contributed by atoms with Gasteiger partial charge in [0.2, 0.25) is 0 Å². The van der Waals surface area contributed by atoms with Crippen LogP contribution < -0.4 is 10.1 Å². The Hall–Kier alpha value is -3.08. The molecule has 0 saturated carbocycles. The quantitative estimate of drug-likeness (QED) is 0.439. The van der Waals surface area contributed by atoms with Crippen molar-refractivity contribution in [3.05, 3.63) is 65.7 Å². The first-order chi connectivity index (χ1) is 13.0. The maximum atomic E-state index is 12.7. The van der Waals surface area contributed by atoms with Gasteiger partial charge in [0.15, 0.2) is 6.61 Å². The van der Waals surface area contributed by atoms with Crippen molar-refractivity contribution in [2.24, 2.45) is 0 Å². The molecule has 0 heterocycles. The lowest BCUT2D eigenvalue weighted by molar-refractivity contribution is -0.143. The number of benzene rings is 2. The van der Waals surface area contributed by atoms with Gasteiger partial charge in [-0.25, -0.2) is 4.79 Å². The Balaban J connectivity index is 2.24. The van der Waals surface area contributed by atoms with E-state index in [1.165, 1.54) is 0 Å². The second-order valence-electron chi connectivity index (χ2n) is 6.12. The van der Waals surface area contributed by atoms with Crippen molar-refractivity contribution >= 4 is 23.5 Å². The molecule has 1 amide bonds. The molecule has 2 aromatic rings. The number of methoxy groups -OCH3 is 1. The zero-order valence-electron chi connectivity index (χ0n) is 15.9. The van der Waals surface area contributed by atoms with Crippen molar-refractivity contribution in [1.82, 2.24) is 5.32 Å². The number of ether oxygens (including phenoxy) is 2. The van der Waals surface area contributed by atoms with Gasteiger partial charge < -0.3 is 14.8 Å². The number of amides is 1. The van der Waals surface area contributed by atoms with Crippen LogP contribution in [0.15, 0.2) is 54.6 Å². The van der Waals surface area contributed by atoms with E-state index in [9.17, 15) is 9.59 Å². The first kappa shape index (κ1) is 20.2. The molecular formula is C22H25NO4. The van der Waals surface area contributed by atoms with Crippen LogP contribution in [0.25, 0.3) is 11.6 Å². The normalized spacial score (nSPS) is 12.2. The van der Waals surface area contributed by atoms with Crippen molar-refractivity contribution in [1.29, 1.82) is 0 Å². The van der Waals surface area contributed by atoms with E-state index in [-0.39, 0.29) is 18.6 Å². The largest absolute Gasteiger partial charge is 0.496 e. The van der Waals surface area contributed by atoms with Gasteiger partial charge in [-0.1, -0.05) is 55.5 Å². The monoisotopic (exact) mass is 367 g/mol. The third kappa shape index (κ3) is 5.99. The molecule has 0 aliphatic heterocycles. The molecule has 0 spiro atoms. The fourth-order valence-corrected chi connectivity index (χ4v) is 2.45. The average molecular weight is 367 g/mol. The number of nitrogens with one attached hydrogen (secondary N) is 1. The maximum absolute atomic E-state index is 12.7. The van der Waals surface area contributed by atoms with Gasteiger partial charge in [0.25, 0.3) is 5.91 Å². The Kier molecular flexibility index (Phi) is 7.62. The summed E-state index contributed by atoms with van der Waals surface area (Å²) in [5.74, 6) is -0.234. The summed E-state index contributed by atoms with van der Waals surface area (Å²) in [4.78, 5) is 24.6. The Bertz CT molecular complexity index is 799. The van der Waals surface area contributed by atoms with Crippen LogP contribution in [0.3, 0.4) is 0 Å². The minimum Gasteiger partial charge on any atom is -0.496 e. The van der Waals surface area contributed by atoms with Gasteiger partial charge in [-0.15, -0.1) is 0 Å². The zero-order chi connectivity index (χ0) is 19.6. The van der Waals surface area contributed by atoms with Gasteiger partial charge in [-0.2, -0.15) is 0 Å². The molecule has 0 unspecified atom stereocenters. The average Bonchev–Trinajstić information content (AvgIpc) is 2.71. The molecule has 142 valence electrons. The molecular weight excluding hydrogens is 342 g/mol. The lowest BCUT2D eigenvalue weighted by Crippen LogP contribution is -2.35. The Morgan fingerprint density at radius 1 is 1.07 bits per heavy atom. The number of hydrogen-bond donors (Lipinski definition) is 1. The van der Waals surface area contributed by atoms with Crippen LogP contribution in [0.1, 0.15) is 31.4 Å². The zero-order valence-corrected chi connectivity index (χ0v) is 15.9. The van der Waals surface area contributed by atoms with E-state index in [1.807, 2.05) is 68.4 Å². The number of esters is 1. The van der Waals surface area contributed by atoms with Crippen LogP contribution >= 0.6 is 0 Å². The molecule has 2 rings (SSSR count). The van der Waals surface area contributed by atoms with Crippen LogP contribution in [0, 0.1) is 0 Å². The molecule has 0 radical (unpaired) electrons. The van der Waals surface area contributed by atoms with Gasteiger partial charge in [0, 0.05) is 11.6 Å². The molecule has 0 aromatic heterocycles. The Morgan fingerprint density at radius 3 is 2.41 bits per heavy atom. The molecule has 1 N–H and O–H groups in total. The summed E-state index contributed by atoms with van der Waals surface area (Å²) in [6.07, 6.45) is 2.52. The standard InChI is InChI=1S/C22H25NO4/c1-4-16(2)23-21(24)15-27-22(25)19(17-10-6-5-7-11-17)14-18-12-8-9-13-20(18)26-3/h5-14,16H,4,15H2,1-3H3,(H,23,24)/b19-14+/t16-/m0/s1. The topological polar surface area (TPSA) is 64.6 Å². The predicted octanol–water partition coefficient (Wildman–Crippen LogP) is 3.69. The van der Waals surface area contributed by atoms with Crippen molar-refractivity contribution in [3.63, 3.8) is 0 Å². The summed E-state index contributed by atoms with van der Waals surface area (Å²) >= 11 is 0. The fraction of sp³-hybridized carbons (Fsp3) is 0.273. The van der Waals surface area contributed by atoms with E-state index in [0.717, 1.165) is 12.0 Å². The van der Waals surface area contributed by atoms with E-state index >= 15 is 0 Å². The van der Waals surface area contributed by atoms with Gasteiger partial charge in [-0.3, -0.25) is 4.79 Å². The molecule has 2 aromatic carbocycles. The summed E-state index contributed by atoms with van der Waals surface area (Å²) in [6, 6.07) is 16.6. The molecule has 5 nitrogen and oxygen atoms in total. The number of carbonyl (C=O) groups is 2. The van der Waals surface area contributed by atoms with Gasteiger partial charge in [0.1, 0.15) is 5.75 Å². The summed E-state index contributed by atoms with van der Waals surface area (Å²) in [7, 11) is 1.58. The molecule has 0 fully saturated rings. The summed E-state index contributed by atoms with van der Waals surface area (Å²) in [5.41, 5.74) is 1.81. The molecule has 1 atom stereocenters. The summed E-state index contributed by atoms with van der Waals surface area (Å²) in [5, 5.41) is 2.78. The second-order valence-corrected chi connectivity index (χ2v) is 6.12. The second kappa shape index (κ2) is 10.2. The van der Waals surface area contributed by atoms with E-state index in [0.29, 0.717) is 16.9 Å².